The van der Waals surface area contributed by atoms with Gasteiger partial charge >= 0.3 is 0 Å². The average molecular weight is 202 g/mol. The summed E-state index contributed by atoms with van der Waals surface area (Å²) < 4.78 is 5.97. The number of hydrogen-bond acceptors (Lipinski definition) is 1. The Balaban J connectivity index is 2.13. The van der Waals surface area contributed by atoms with Crippen molar-refractivity contribution >= 4 is 17.1 Å². The molecule has 1 rings (SSSR count). The van der Waals surface area contributed by atoms with Crippen LogP contribution < -0.4 is 0 Å². The summed E-state index contributed by atoms with van der Waals surface area (Å²) in [5.74, 6) is 0. The average Bonchev–Trinajstić information content (AvgIpc) is 2.02. The smallest absolute Gasteiger partial charge is 0.183 e. The van der Waals surface area contributed by atoms with Gasteiger partial charge in [0.2, 0.25) is 0 Å². The van der Waals surface area contributed by atoms with E-state index in [9.17, 15) is 0 Å². The van der Waals surface area contributed by atoms with Crippen LogP contribution in [0.15, 0.2) is 0 Å². The van der Waals surface area contributed by atoms with Crippen molar-refractivity contribution in [1.29, 1.82) is 0 Å². The highest BCUT2D eigenvalue weighted by Gasteiger charge is 2.20. The van der Waals surface area contributed by atoms with Crippen molar-refractivity contribution in [3.8, 4) is 0 Å². The molecule has 1 aliphatic rings. The highest BCUT2D eigenvalue weighted by atomic mass is 28.4. The molecule has 3 heteroatoms. The quantitative estimate of drug-likeness (QED) is 0.640. The molecule has 0 N–H and O–H groups in total. The van der Waals surface area contributed by atoms with Gasteiger partial charge in [0.15, 0.2) is 8.32 Å². The van der Waals surface area contributed by atoms with Gasteiger partial charge in [-0.1, -0.05) is 31.4 Å². The molecule has 1 aliphatic heterocycles. The maximum absolute atomic E-state index is 5.97. The van der Waals surface area contributed by atoms with Crippen molar-refractivity contribution in [3.63, 3.8) is 0 Å². The molecule has 0 aromatic carbocycles. The number of hydrogen-bond donors (Lipinski definition) is 0. The van der Waals surface area contributed by atoms with Gasteiger partial charge in [0.1, 0.15) is 0 Å². The summed E-state index contributed by atoms with van der Waals surface area (Å²) in [6, 6.07) is 3.09. The summed E-state index contributed by atoms with van der Waals surface area (Å²) in [5, 5.41) is 0. The fraction of sp³-hybridized carbons (Fsp3) is 1.00. The summed E-state index contributed by atoms with van der Waals surface area (Å²) >= 11 is 0. The van der Waals surface area contributed by atoms with E-state index in [0.717, 1.165) is 0 Å². The highest BCUT2D eigenvalue weighted by molar-refractivity contribution is 6.71. The van der Waals surface area contributed by atoms with Crippen LogP contribution >= 0.6 is 0 Å². The first-order chi connectivity index (χ1) is 5.58. The monoisotopic (exact) mass is 202 g/mol. The first kappa shape index (κ1) is 10.5. The zero-order chi connectivity index (χ0) is 9.03. The van der Waals surface area contributed by atoms with Crippen LogP contribution in [0.2, 0.25) is 31.7 Å². The summed E-state index contributed by atoms with van der Waals surface area (Å²) in [5.41, 5.74) is 0. The fourth-order valence-corrected chi connectivity index (χ4v) is 7.02. The van der Waals surface area contributed by atoms with Gasteiger partial charge in [-0.25, -0.2) is 0 Å². The van der Waals surface area contributed by atoms with E-state index in [1.807, 2.05) is 0 Å². The fourth-order valence-electron chi connectivity index (χ4n) is 1.72. The molecule has 1 heterocycles. The first-order valence-corrected chi connectivity index (χ1v) is 11.1. The van der Waals surface area contributed by atoms with Crippen LogP contribution in [-0.4, -0.2) is 23.3 Å². The molecule has 0 atom stereocenters. The van der Waals surface area contributed by atoms with Gasteiger partial charge in [-0.2, -0.15) is 0 Å². The summed E-state index contributed by atoms with van der Waals surface area (Å²) in [4.78, 5) is 0. The minimum Gasteiger partial charge on any atom is -0.421 e. The lowest BCUT2D eigenvalue weighted by Crippen LogP contribution is -2.33. The zero-order valence-corrected chi connectivity index (χ0v) is 10.9. The third-order valence-electron chi connectivity index (χ3n) is 2.48. The Bertz CT molecular complexity index is 125. The molecule has 0 amide bonds. The molecular formula is C9H22OSi2. The van der Waals surface area contributed by atoms with Crippen molar-refractivity contribution in [2.24, 2.45) is 0 Å². The Morgan fingerprint density at radius 2 is 1.67 bits per heavy atom. The Labute approximate surface area is 79.2 Å². The molecule has 12 heavy (non-hydrogen) atoms. The molecule has 0 spiro atoms. The van der Waals surface area contributed by atoms with Crippen molar-refractivity contribution < 1.29 is 4.43 Å². The van der Waals surface area contributed by atoms with Crippen LogP contribution in [0, 0.1) is 0 Å². The minimum absolute atomic E-state index is 0.413. The lowest BCUT2D eigenvalue weighted by molar-refractivity contribution is 0.372. The highest BCUT2D eigenvalue weighted by Crippen LogP contribution is 2.19. The normalized spacial score (nSPS) is 21.2. The third-order valence-corrected chi connectivity index (χ3v) is 6.93. The second-order valence-electron chi connectivity index (χ2n) is 4.93. The van der Waals surface area contributed by atoms with E-state index < -0.39 is 17.1 Å². The van der Waals surface area contributed by atoms with E-state index in [4.69, 9.17) is 4.43 Å². The Kier molecular flexibility index (Phi) is 4.00. The summed E-state index contributed by atoms with van der Waals surface area (Å²) in [6.45, 7) is 6.89. The topological polar surface area (TPSA) is 9.23 Å². The molecule has 0 bridgehead atoms. The van der Waals surface area contributed by atoms with E-state index in [1.165, 1.54) is 25.5 Å². The zero-order valence-electron chi connectivity index (χ0n) is 8.73. The third kappa shape index (κ3) is 4.43. The molecule has 0 aromatic heterocycles. The lowest BCUT2D eigenvalue weighted by Gasteiger charge is -2.24. The van der Waals surface area contributed by atoms with E-state index in [1.54, 1.807) is 12.1 Å². The second-order valence-corrected chi connectivity index (χ2v) is 12.7. The van der Waals surface area contributed by atoms with E-state index in [0.29, 0.717) is 0 Å². The van der Waals surface area contributed by atoms with Gasteiger partial charge in [0, 0.05) is 6.23 Å². The predicted octanol–water partition coefficient (Wildman–Crippen LogP) is 2.79. The maximum Gasteiger partial charge on any atom is 0.183 e. The van der Waals surface area contributed by atoms with Crippen molar-refractivity contribution in [1.82, 2.24) is 0 Å². The van der Waals surface area contributed by atoms with Crippen LogP contribution in [0.25, 0.3) is 0 Å². The van der Waals surface area contributed by atoms with Crippen LogP contribution in [-0.2, 0) is 4.43 Å². The SMILES string of the molecule is C[Si](C)(C)OC[SiH]1CCCCC1. The van der Waals surface area contributed by atoms with Gasteiger partial charge in [-0.05, 0) is 19.6 Å². The number of rotatable bonds is 3. The van der Waals surface area contributed by atoms with E-state index >= 15 is 0 Å². The molecule has 1 fully saturated rings. The molecule has 0 aliphatic carbocycles. The standard InChI is InChI=1S/C9H22OSi2/c1-12(2,3)10-9-11-7-5-4-6-8-11/h11H,4-9H2,1-3H3. The van der Waals surface area contributed by atoms with Crippen LogP contribution in [0.4, 0.5) is 0 Å². The Morgan fingerprint density at radius 1 is 1.08 bits per heavy atom. The van der Waals surface area contributed by atoms with Crippen LogP contribution in [0.1, 0.15) is 19.3 Å². The van der Waals surface area contributed by atoms with Gasteiger partial charge in [-0.3, -0.25) is 0 Å². The van der Waals surface area contributed by atoms with Crippen molar-refractivity contribution in [2.75, 3.05) is 6.23 Å². The van der Waals surface area contributed by atoms with Gasteiger partial charge < -0.3 is 4.43 Å². The molecule has 72 valence electrons. The van der Waals surface area contributed by atoms with Gasteiger partial charge in [0.25, 0.3) is 0 Å². The first-order valence-electron chi connectivity index (χ1n) is 5.22. The summed E-state index contributed by atoms with van der Waals surface area (Å²) in [6.07, 6.45) is 5.64. The molecule has 1 saturated heterocycles. The van der Waals surface area contributed by atoms with Crippen molar-refractivity contribution in [3.05, 3.63) is 0 Å². The predicted molar refractivity (Wildman–Crippen MR) is 59.9 cm³/mol. The van der Waals surface area contributed by atoms with E-state index in [-0.39, 0.29) is 0 Å². The lowest BCUT2D eigenvalue weighted by atomic mass is 10.3. The van der Waals surface area contributed by atoms with Crippen LogP contribution in [0.5, 0.6) is 0 Å². The molecule has 0 saturated carbocycles. The Morgan fingerprint density at radius 3 is 2.17 bits per heavy atom. The molecule has 0 unspecified atom stereocenters. The maximum atomic E-state index is 5.97. The molecular weight excluding hydrogens is 180 g/mol. The van der Waals surface area contributed by atoms with Crippen LogP contribution in [0.3, 0.4) is 0 Å². The molecule has 0 aromatic rings. The van der Waals surface area contributed by atoms with E-state index in [2.05, 4.69) is 19.6 Å². The molecule has 1 nitrogen and oxygen atoms in total. The summed E-state index contributed by atoms with van der Waals surface area (Å²) in [7, 11) is -1.62. The van der Waals surface area contributed by atoms with Gasteiger partial charge in [-0.15, -0.1) is 0 Å². The van der Waals surface area contributed by atoms with Crippen molar-refractivity contribution in [2.45, 2.75) is 51.0 Å². The van der Waals surface area contributed by atoms with Gasteiger partial charge in [0.05, 0.1) is 8.80 Å². The largest absolute Gasteiger partial charge is 0.421 e. The Hall–Kier alpha value is 0.394. The minimum atomic E-state index is -1.21. The molecule has 0 radical (unpaired) electrons. The second kappa shape index (κ2) is 4.58.